The molecule has 2 aliphatic rings. The Kier molecular flexibility index (Phi) is 6.33. The molecule has 184 valence electrons. The van der Waals surface area contributed by atoms with Gasteiger partial charge < -0.3 is 15.1 Å². The molecule has 1 saturated heterocycles. The van der Waals surface area contributed by atoms with E-state index in [1.54, 1.807) is 24.3 Å². The summed E-state index contributed by atoms with van der Waals surface area (Å²) in [6.45, 7) is 11.2. The number of piperazine rings is 1. The molecule has 0 saturated carbocycles. The molecular formula is C29H30N4O3. The molecule has 1 N–H and O–H groups in total. The average Bonchev–Trinajstić information content (AvgIpc) is 3.13. The van der Waals surface area contributed by atoms with Crippen LogP contribution in [0.4, 0.5) is 17.1 Å². The monoisotopic (exact) mass is 482 g/mol. The Morgan fingerprint density at radius 3 is 2.22 bits per heavy atom. The smallest absolute Gasteiger partial charge is 0.266 e. The van der Waals surface area contributed by atoms with E-state index in [0.717, 1.165) is 43.9 Å². The third-order valence-electron chi connectivity index (χ3n) is 7.12. The Bertz CT molecular complexity index is 1360. The van der Waals surface area contributed by atoms with Crippen LogP contribution in [0, 0.1) is 13.8 Å². The number of carbonyl (C=O) groups is 3. The number of fused-ring (bicyclic) bond motifs is 1. The number of para-hydroxylation sites is 1. The first-order chi connectivity index (χ1) is 17.4. The van der Waals surface area contributed by atoms with Gasteiger partial charge in [-0.15, -0.1) is 0 Å². The largest absolute Gasteiger partial charge is 0.369 e. The summed E-state index contributed by atoms with van der Waals surface area (Å²) in [5.74, 6) is -1.11. The van der Waals surface area contributed by atoms with E-state index in [1.165, 1.54) is 16.7 Å². The summed E-state index contributed by atoms with van der Waals surface area (Å²) in [6, 6.07) is 17.9. The fourth-order valence-electron chi connectivity index (χ4n) is 5.01. The van der Waals surface area contributed by atoms with Crippen LogP contribution in [0.2, 0.25) is 0 Å². The van der Waals surface area contributed by atoms with Crippen molar-refractivity contribution in [3.63, 3.8) is 0 Å². The number of aryl methyl sites for hydroxylation is 2. The highest BCUT2D eigenvalue weighted by atomic mass is 16.2. The van der Waals surface area contributed by atoms with Gasteiger partial charge in [-0.25, -0.2) is 4.90 Å². The molecule has 0 unspecified atom stereocenters. The van der Waals surface area contributed by atoms with Crippen LogP contribution in [0.15, 0.2) is 60.7 Å². The minimum Gasteiger partial charge on any atom is -0.369 e. The maximum absolute atomic E-state index is 13.1. The van der Waals surface area contributed by atoms with Gasteiger partial charge in [0.15, 0.2) is 0 Å². The maximum Gasteiger partial charge on any atom is 0.266 e. The fourth-order valence-corrected chi connectivity index (χ4v) is 5.01. The lowest BCUT2D eigenvalue weighted by atomic mass is 10.0. The Balaban J connectivity index is 1.32. The number of amides is 3. The van der Waals surface area contributed by atoms with Crippen LogP contribution in [0.3, 0.4) is 0 Å². The average molecular weight is 483 g/mol. The van der Waals surface area contributed by atoms with Crippen LogP contribution >= 0.6 is 0 Å². The van der Waals surface area contributed by atoms with Gasteiger partial charge in [0.2, 0.25) is 0 Å². The second-order valence-corrected chi connectivity index (χ2v) is 9.37. The first-order valence-electron chi connectivity index (χ1n) is 12.3. The van der Waals surface area contributed by atoms with Gasteiger partial charge >= 0.3 is 0 Å². The van der Waals surface area contributed by atoms with E-state index in [9.17, 15) is 14.4 Å². The van der Waals surface area contributed by atoms with E-state index in [2.05, 4.69) is 35.0 Å². The Hall–Kier alpha value is -3.97. The summed E-state index contributed by atoms with van der Waals surface area (Å²) in [5, 5.41) is 2.94. The number of likely N-dealkylation sites (N-methyl/N-ethyl adjacent to an activating group) is 1. The number of anilines is 3. The van der Waals surface area contributed by atoms with Gasteiger partial charge in [0.25, 0.3) is 17.7 Å². The lowest BCUT2D eigenvalue weighted by Crippen LogP contribution is -2.46. The topological polar surface area (TPSA) is 73.0 Å². The van der Waals surface area contributed by atoms with Crippen LogP contribution in [0.5, 0.6) is 0 Å². The van der Waals surface area contributed by atoms with Crippen LogP contribution in [-0.2, 0) is 0 Å². The number of nitrogens with zero attached hydrogens (tertiary/aromatic N) is 3. The standard InChI is InChI=1S/C29H30N4O3/c1-4-31-13-15-32(16-14-31)25-12-10-22(17-20(25)3)30-27(34)21-9-11-23-24(18-21)29(36)33(28(23)35)26-8-6-5-7-19(26)2/h5-12,17-18H,4,13-16H2,1-3H3,(H,30,34). The first-order valence-corrected chi connectivity index (χ1v) is 12.3. The molecule has 3 aromatic carbocycles. The molecular weight excluding hydrogens is 452 g/mol. The molecule has 2 heterocycles. The van der Waals surface area contributed by atoms with Crippen molar-refractivity contribution in [2.75, 3.05) is 47.8 Å². The van der Waals surface area contributed by atoms with E-state index in [1.807, 2.05) is 31.2 Å². The van der Waals surface area contributed by atoms with Crippen molar-refractivity contribution >= 4 is 34.8 Å². The van der Waals surface area contributed by atoms with E-state index in [4.69, 9.17) is 0 Å². The van der Waals surface area contributed by atoms with E-state index in [-0.39, 0.29) is 17.4 Å². The SMILES string of the molecule is CCN1CCN(c2ccc(NC(=O)c3ccc4c(c3)C(=O)N(c3ccccc3C)C4=O)cc2C)CC1. The molecule has 0 bridgehead atoms. The van der Waals surface area contributed by atoms with Crippen LogP contribution < -0.4 is 15.1 Å². The van der Waals surface area contributed by atoms with Gasteiger partial charge in [0, 0.05) is 43.1 Å². The molecule has 5 rings (SSSR count). The number of nitrogens with one attached hydrogen (secondary N) is 1. The lowest BCUT2D eigenvalue weighted by Gasteiger charge is -2.36. The highest BCUT2D eigenvalue weighted by Gasteiger charge is 2.37. The molecule has 0 aromatic heterocycles. The molecule has 0 spiro atoms. The van der Waals surface area contributed by atoms with Crippen molar-refractivity contribution in [3.8, 4) is 0 Å². The van der Waals surface area contributed by atoms with E-state index in [0.29, 0.717) is 22.5 Å². The van der Waals surface area contributed by atoms with Crippen molar-refractivity contribution in [1.82, 2.24) is 4.90 Å². The first kappa shape index (κ1) is 23.8. The number of hydrogen-bond donors (Lipinski definition) is 1. The van der Waals surface area contributed by atoms with Crippen LogP contribution in [-0.4, -0.2) is 55.3 Å². The molecule has 3 aromatic rings. The Morgan fingerprint density at radius 2 is 1.53 bits per heavy atom. The minimum absolute atomic E-state index is 0.244. The fraction of sp³-hybridized carbons (Fsp3) is 0.276. The number of hydrogen-bond acceptors (Lipinski definition) is 5. The summed E-state index contributed by atoms with van der Waals surface area (Å²) in [5.41, 5.74) is 5.24. The molecule has 0 atom stereocenters. The molecule has 1 fully saturated rings. The zero-order chi connectivity index (χ0) is 25.4. The minimum atomic E-state index is -0.415. The summed E-state index contributed by atoms with van der Waals surface area (Å²) in [6.07, 6.45) is 0. The van der Waals surface area contributed by atoms with E-state index < -0.39 is 5.91 Å². The van der Waals surface area contributed by atoms with Gasteiger partial charge in [0.1, 0.15) is 0 Å². The van der Waals surface area contributed by atoms with Crippen LogP contribution in [0.25, 0.3) is 0 Å². The Labute approximate surface area is 211 Å². The number of carbonyl (C=O) groups excluding carboxylic acids is 3. The summed E-state index contributed by atoms with van der Waals surface area (Å²) < 4.78 is 0. The quantitative estimate of drug-likeness (QED) is 0.542. The number of benzene rings is 3. The lowest BCUT2D eigenvalue weighted by molar-refractivity contribution is 0.0925. The third kappa shape index (κ3) is 4.27. The van der Waals surface area contributed by atoms with Crippen molar-refractivity contribution in [1.29, 1.82) is 0 Å². The molecule has 7 heteroatoms. The van der Waals surface area contributed by atoms with Crippen molar-refractivity contribution in [2.24, 2.45) is 0 Å². The highest BCUT2D eigenvalue weighted by Crippen LogP contribution is 2.31. The summed E-state index contributed by atoms with van der Waals surface area (Å²) >= 11 is 0. The van der Waals surface area contributed by atoms with Crippen LogP contribution in [0.1, 0.15) is 49.1 Å². The van der Waals surface area contributed by atoms with Crippen molar-refractivity contribution in [3.05, 3.63) is 88.5 Å². The number of imide groups is 1. The molecule has 0 radical (unpaired) electrons. The summed E-state index contributed by atoms with van der Waals surface area (Å²) in [7, 11) is 0. The molecule has 0 aliphatic carbocycles. The predicted octanol–water partition coefficient (Wildman–Crippen LogP) is 4.50. The van der Waals surface area contributed by atoms with Crippen molar-refractivity contribution < 1.29 is 14.4 Å². The van der Waals surface area contributed by atoms with Crippen molar-refractivity contribution in [2.45, 2.75) is 20.8 Å². The zero-order valence-corrected chi connectivity index (χ0v) is 20.9. The second-order valence-electron chi connectivity index (χ2n) is 9.37. The van der Waals surface area contributed by atoms with Gasteiger partial charge in [0.05, 0.1) is 16.8 Å². The highest BCUT2D eigenvalue weighted by molar-refractivity contribution is 6.35. The zero-order valence-electron chi connectivity index (χ0n) is 20.9. The van der Waals surface area contributed by atoms with Gasteiger partial charge in [-0.3, -0.25) is 14.4 Å². The van der Waals surface area contributed by atoms with Gasteiger partial charge in [-0.1, -0.05) is 25.1 Å². The Morgan fingerprint density at radius 1 is 0.806 bits per heavy atom. The summed E-state index contributed by atoms with van der Waals surface area (Å²) in [4.78, 5) is 45.1. The predicted molar refractivity (Wildman–Crippen MR) is 142 cm³/mol. The second kappa shape index (κ2) is 9.59. The third-order valence-corrected chi connectivity index (χ3v) is 7.12. The normalized spacial score (nSPS) is 15.9. The number of rotatable bonds is 5. The van der Waals surface area contributed by atoms with E-state index >= 15 is 0 Å². The molecule has 3 amide bonds. The van der Waals surface area contributed by atoms with Gasteiger partial charge in [-0.05, 0) is 74.0 Å². The molecule has 7 nitrogen and oxygen atoms in total. The maximum atomic E-state index is 13.1. The molecule has 2 aliphatic heterocycles. The molecule has 36 heavy (non-hydrogen) atoms. The van der Waals surface area contributed by atoms with Gasteiger partial charge in [-0.2, -0.15) is 0 Å².